The summed E-state index contributed by atoms with van der Waals surface area (Å²) >= 11 is 6.09. The van der Waals surface area contributed by atoms with Crippen molar-refractivity contribution in [2.75, 3.05) is 24.6 Å². The van der Waals surface area contributed by atoms with Crippen LogP contribution >= 0.6 is 11.6 Å². The molecule has 49 heavy (non-hydrogen) atoms. The quantitative estimate of drug-likeness (QED) is 0.149. The molecular weight excluding hydrogens is 662 g/mol. The van der Waals surface area contributed by atoms with Crippen molar-refractivity contribution < 1.29 is 27.5 Å². The van der Waals surface area contributed by atoms with E-state index in [1.165, 1.54) is 29.2 Å². The number of hydrogen-bond donors (Lipinski definition) is 1. The number of sulfonamides is 1. The molecule has 1 aliphatic carbocycles. The molecular formula is C38H42ClN3O6S. The fourth-order valence-corrected chi connectivity index (χ4v) is 7.57. The smallest absolute Gasteiger partial charge is 0.264 e. The molecule has 1 N–H and O–H groups in total. The Morgan fingerprint density at radius 3 is 2.20 bits per heavy atom. The van der Waals surface area contributed by atoms with Crippen LogP contribution < -0.4 is 19.1 Å². The molecule has 0 radical (unpaired) electrons. The van der Waals surface area contributed by atoms with Crippen LogP contribution in [0.2, 0.25) is 5.02 Å². The number of anilines is 1. The molecule has 1 fully saturated rings. The summed E-state index contributed by atoms with van der Waals surface area (Å²) in [6, 6.07) is 28.2. The third kappa shape index (κ3) is 9.33. The summed E-state index contributed by atoms with van der Waals surface area (Å²) in [6.45, 7) is 1.78. The van der Waals surface area contributed by atoms with Crippen LogP contribution in [0.5, 0.6) is 11.5 Å². The zero-order valence-electron chi connectivity index (χ0n) is 27.8. The second-order valence-corrected chi connectivity index (χ2v) is 14.3. The molecule has 0 aromatic heterocycles. The number of nitrogens with zero attached hydrogens (tertiary/aromatic N) is 2. The lowest BCUT2D eigenvalue weighted by molar-refractivity contribution is -0.140. The van der Waals surface area contributed by atoms with Gasteiger partial charge in [0.25, 0.3) is 10.0 Å². The van der Waals surface area contributed by atoms with E-state index in [2.05, 4.69) is 5.32 Å². The minimum absolute atomic E-state index is 0.0187. The van der Waals surface area contributed by atoms with Crippen molar-refractivity contribution >= 4 is 39.1 Å². The van der Waals surface area contributed by atoms with Crippen LogP contribution in [0.25, 0.3) is 0 Å². The lowest BCUT2D eigenvalue weighted by Crippen LogP contribution is -2.54. The average Bonchev–Trinajstić information content (AvgIpc) is 3.63. The van der Waals surface area contributed by atoms with E-state index in [4.69, 9.17) is 21.1 Å². The molecule has 4 aromatic rings. The van der Waals surface area contributed by atoms with E-state index >= 15 is 0 Å². The Morgan fingerprint density at radius 1 is 0.878 bits per heavy atom. The van der Waals surface area contributed by atoms with Gasteiger partial charge in [-0.2, -0.15) is 0 Å². The number of carbonyl (C=O) groups is 2. The van der Waals surface area contributed by atoms with E-state index in [1.807, 2.05) is 55.5 Å². The number of nitrogens with one attached hydrogen (secondary N) is 1. The largest absolute Gasteiger partial charge is 0.497 e. The molecule has 0 heterocycles. The molecule has 258 valence electrons. The third-order valence-electron chi connectivity index (χ3n) is 8.58. The van der Waals surface area contributed by atoms with Crippen LogP contribution in [0.1, 0.15) is 43.7 Å². The van der Waals surface area contributed by atoms with E-state index in [1.54, 1.807) is 37.4 Å². The van der Waals surface area contributed by atoms with E-state index in [0.717, 1.165) is 41.1 Å². The minimum atomic E-state index is -4.27. The molecule has 1 saturated carbocycles. The highest BCUT2D eigenvalue weighted by Crippen LogP contribution is 2.28. The maximum Gasteiger partial charge on any atom is 0.264 e. The first-order chi connectivity index (χ1) is 23.7. The normalized spacial score (nSPS) is 13.8. The first kappa shape index (κ1) is 35.8. The first-order valence-electron chi connectivity index (χ1n) is 16.5. The Kier molecular flexibility index (Phi) is 12.2. The SMILES string of the molecule is CCOc1ccc(N(CC(=O)N(Cc2cccc(OC)c2)C(Cc2ccccc2)C(=O)NC2CCCC2)S(=O)(=O)c2ccc(Cl)cc2)cc1. The Morgan fingerprint density at radius 2 is 1.55 bits per heavy atom. The highest BCUT2D eigenvalue weighted by atomic mass is 35.5. The van der Waals surface area contributed by atoms with Gasteiger partial charge in [0.1, 0.15) is 24.1 Å². The van der Waals surface area contributed by atoms with Crippen LogP contribution in [0.15, 0.2) is 108 Å². The second-order valence-electron chi connectivity index (χ2n) is 12.0. The summed E-state index contributed by atoms with van der Waals surface area (Å²) in [5.41, 5.74) is 1.87. The van der Waals surface area contributed by atoms with Gasteiger partial charge in [-0.3, -0.25) is 13.9 Å². The van der Waals surface area contributed by atoms with Gasteiger partial charge in [-0.1, -0.05) is 66.9 Å². The zero-order chi connectivity index (χ0) is 34.8. The van der Waals surface area contributed by atoms with Crippen LogP contribution in [0.4, 0.5) is 5.69 Å². The number of hydrogen-bond acceptors (Lipinski definition) is 6. The average molecular weight is 704 g/mol. The standard InChI is InChI=1S/C38H42ClN3O6S/c1-3-48-33-20-18-32(19-21-33)42(49(45,46)35-22-16-30(39)17-23-35)27-37(43)41(26-29-12-9-15-34(24-29)47-2)36(25-28-10-5-4-6-11-28)38(44)40-31-13-7-8-14-31/h4-6,9-12,15-24,31,36H,3,7-8,13-14,25-27H2,1-2H3,(H,40,44). The Hall–Kier alpha value is -4.54. The fraction of sp³-hybridized carbons (Fsp3) is 0.316. The van der Waals surface area contributed by atoms with Crippen molar-refractivity contribution in [2.45, 2.75) is 62.6 Å². The van der Waals surface area contributed by atoms with Crippen LogP contribution in [-0.2, 0) is 32.6 Å². The lowest BCUT2D eigenvalue weighted by Gasteiger charge is -2.34. The maximum atomic E-state index is 14.7. The van der Waals surface area contributed by atoms with Gasteiger partial charge in [0, 0.05) is 24.0 Å². The summed E-state index contributed by atoms with van der Waals surface area (Å²) in [7, 11) is -2.70. The summed E-state index contributed by atoms with van der Waals surface area (Å²) in [6.07, 6.45) is 4.04. The summed E-state index contributed by atoms with van der Waals surface area (Å²) in [4.78, 5) is 30.4. The molecule has 1 aliphatic rings. The molecule has 0 bridgehead atoms. The summed E-state index contributed by atoms with van der Waals surface area (Å²) in [5.74, 6) is 0.339. The van der Waals surface area contributed by atoms with Gasteiger partial charge in [-0.25, -0.2) is 8.42 Å². The van der Waals surface area contributed by atoms with Crippen LogP contribution in [0, 0.1) is 0 Å². The van der Waals surface area contributed by atoms with E-state index in [0.29, 0.717) is 23.1 Å². The minimum Gasteiger partial charge on any atom is -0.497 e. The van der Waals surface area contributed by atoms with Crippen molar-refractivity contribution in [3.8, 4) is 11.5 Å². The monoisotopic (exact) mass is 703 g/mol. The number of carbonyl (C=O) groups excluding carboxylic acids is 2. The molecule has 11 heteroatoms. The molecule has 0 saturated heterocycles. The summed E-state index contributed by atoms with van der Waals surface area (Å²) < 4.78 is 40.6. The highest BCUT2D eigenvalue weighted by Gasteiger charge is 2.35. The first-order valence-corrected chi connectivity index (χ1v) is 18.3. The Bertz CT molecular complexity index is 1800. The van der Waals surface area contributed by atoms with Crippen molar-refractivity contribution in [1.82, 2.24) is 10.2 Å². The van der Waals surface area contributed by atoms with Gasteiger partial charge in [0.2, 0.25) is 11.8 Å². The number of rotatable bonds is 15. The Labute approximate surface area is 293 Å². The third-order valence-corrected chi connectivity index (χ3v) is 10.6. The number of amides is 2. The molecule has 1 atom stereocenters. The molecule has 5 rings (SSSR count). The number of ether oxygens (including phenoxy) is 2. The topological polar surface area (TPSA) is 105 Å². The number of benzene rings is 4. The second kappa shape index (κ2) is 16.7. The van der Waals surface area contributed by atoms with Gasteiger partial charge in [0.15, 0.2) is 0 Å². The lowest BCUT2D eigenvalue weighted by atomic mass is 10.0. The number of halogens is 1. The van der Waals surface area contributed by atoms with Crippen molar-refractivity contribution in [1.29, 1.82) is 0 Å². The Balaban J connectivity index is 1.57. The van der Waals surface area contributed by atoms with Crippen LogP contribution in [-0.4, -0.2) is 57.5 Å². The van der Waals surface area contributed by atoms with Gasteiger partial charge < -0.3 is 19.7 Å². The molecule has 4 aromatic carbocycles. The molecule has 0 aliphatic heterocycles. The number of methoxy groups -OCH3 is 1. The van der Waals surface area contributed by atoms with Crippen molar-refractivity contribution in [2.24, 2.45) is 0 Å². The molecule has 2 amide bonds. The fourth-order valence-electron chi connectivity index (χ4n) is 6.03. The van der Waals surface area contributed by atoms with Crippen LogP contribution in [0.3, 0.4) is 0 Å². The van der Waals surface area contributed by atoms with E-state index in [-0.39, 0.29) is 35.5 Å². The zero-order valence-corrected chi connectivity index (χ0v) is 29.3. The van der Waals surface area contributed by atoms with Gasteiger partial charge in [0.05, 0.1) is 24.3 Å². The van der Waals surface area contributed by atoms with Crippen molar-refractivity contribution in [3.05, 3.63) is 119 Å². The summed E-state index contributed by atoms with van der Waals surface area (Å²) in [5, 5.41) is 3.57. The van der Waals surface area contributed by atoms with Gasteiger partial charge >= 0.3 is 0 Å². The van der Waals surface area contributed by atoms with E-state index in [9.17, 15) is 18.0 Å². The van der Waals surface area contributed by atoms with E-state index < -0.39 is 28.5 Å². The predicted octanol–water partition coefficient (Wildman–Crippen LogP) is 6.64. The maximum absolute atomic E-state index is 14.7. The molecule has 9 nitrogen and oxygen atoms in total. The highest BCUT2D eigenvalue weighted by molar-refractivity contribution is 7.92. The molecule has 1 unspecified atom stereocenters. The van der Waals surface area contributed by atoms with Gasteiger partial charge in [-0.15, -0.1) is 0 Å². The molecule has 0 spiro atoms. The predicted molar refractivity (Wildman–Crippen MR) is 191 cm³/mol. The van der Waals surface area contributed by atoms with Crippen molar-refractivity contribution in [3.63, 3.8) is 0 Å². The van der Waals surface area contributed by atoms with Gasteiger partial charge in [-0.05, 0) is 91.6 Å².